The molecule has 0 atom stereocenters. The van der Waals surface area contributed by atoms with Gasteiger partial charge in [0.25, 0.3) is 11.8 Å². The zero-order chi connectivity index (χ0) is 19.2. The molecule has 1 heterocycles. The van der Waals surface area contributed by atoms with Crippen LogP contribution in [0.2, 0.25) is 0 Å². The number of hydrogen-bond donors (Lipinski definition) is 2. The van der Waals surface area contributed by atoms with E-state index >= 15 is 0 Å². The number of halogens is 1. The summed E-state index contributed by atoms with van der Waals surface area (Å²) >= 11 is 0. The molecule has 0 saturated carbocycles. The number of tetrazole rings is 1. The van der Waals surface area contributed by atoms with Crippen LogP contribution < -0.4 is 10.9 Å². The summed E-state index contributed by atoms with van der Waals surface area (Å²) in [7, 11) is 0. The summed E-state index contributed by atoms with van der Waals surface area (Å²) in [5, 5.41) is 10.8. The van der Waals surface area contributed by atoms with Gasteiger partial charge in [-0.3, -0.25) is 20.4 Å². The lowest BCUT2D eigenvalue weighted by Crippen LogP contribution is -2.40. The van der Waals surface area contributed by atoms with Crippen molar-refractivity contribution in [2.24, 2.45) is 0 Å². The molecule has 0 saturated heterocycles. The van der Waals surface area contributed by atoms with Gasteiger partial charge >= 0.3 is 0 Å². The number of nitrogens with zero attached hydrogens (tertiary/aromatic N) is 4. The minimum Gasteiger partial charge on any atom is -0.268 e. The monoisotopic (exact) mass is 366 g/mol. The predicted octanol–water partition coefficient (Wildman–Crippen LogP) is 1.67. The number of aromatic nitrogens is 4. The van der Waals surface area contributed by atoms with E-state index in [4.69, 9.17) is 0 Å². The molecule has 3 rings (SSSR count). The highest BCUT2D eigenvalue weighted by molar-refractivity contribution is 5.99. The number of carbonyl (C=O) groups excluding carboxylic acids is 2. The van der Waals surface area contributed by atoms with Crippen molar-refractivity contribution in [3.8, 4) is 5.69 Å². The van der Waals surface area contributed by atoms with Crippen LogP contribution in [0.3, 0.4) is 0 Å². The predicted molar refractivity (Wildman–Crippen MR) is 94.8 cm³/mol. The minimum absolute atomic E-state index is 0.317. The van der Waals surface area contributed by atoms with Gasteiger partial charge in [0.1, 0.15) is 12.1 Å². The normalized spacial score (nSPS) is 11.1. The summed E-state index contributed by atoms with van der Waals surface area (Å²) in [6.45, 7) is 1.61. The second-order valence-electron chi connectivity index (χ2n) is 5.55. The zero-order valence-electron chi connectivity index (χ0n) is 14.3. The largest absolute Gasteiger partial charge is 0.269 e. The lowest BCUT2D eigenvalue weighted by atomic mass is 10.1. The zero-order valence-corrected chi connectivity index (χ0v) is 14.3. The van der Waals surface area contributed by atoms with E-state index < -0.39 is 17.6 Å². The maximum absolute atomic E-state index is 13.7. The molecule has 0 fully saturated rings. The molecule has 0 unspecified atom stereocenters. The number of benzene rings is 2. The van der Waals surface area contributed by atoms with Crippen molar-refractivity contribution in [2.75, 3.05) is 0 Å². The average Bonchev–Trinajstić information content (AvgIpc) is 3.21. The Labute approximate surface area is 153 Å². The molecule has 2 N–H and O–H groups in total. The molecule has 27 heavy (non-hydrogen) atoms. The topological polar surface area (TPSA) is 102 Å². The van der Waals surface area contributed by atoms with Crippen molar-refractivity contribution in [1.82, 2.24) is 31.1 Å². The van der Waals surface area contributed by atoms with Gasteiger partial charge in [0.15, 0.2) is 0 Å². The third kappa shape index (κ3) is 4.40. The molecule has 0 radical (unpaired) electrons. The van der Waals surface area contributed by atoms with Crippen molar-refractivity contribution in [2.45, 2.75) is 6.92 Å². The van der Waals surface area contributed by atoms with Crippen molar-refractivity contribution in [3.05, 3.63) is 77.9 Å². The third-order valence-electron chi connectivity index (χ3n) is 3.69. The Morgan fingerprint density at radius 3 is 2.48 bits per heavy atom. The average molecular weight is 366 g/mol. The molecule has 0 aliphatic heterocycles. The molecule has 2 amide bonds. The Morgan fingerprint density at radius 2 is 1.81 bits per heavy atom. The number of carbonyl (C=O) groups is 2. The van der Waals surface area contributed by atoms with E-state index in [9.17, 15) is 14.0 Å². The van der Waals surface area contributed by atoms with Gasteiger partial charge in [-0.15, -0.1) is 5.10 Å². The Hall–Kier alpha value is -3.88. The molecule has 0 aliphatic rings. The van der Waals surface area contributed by atoms with Crippen LogP contribution in [0.1, 0.15) is 22.8 Å². The van der Waals surface area contributed by atoms with Gasteiger partial charge in [0.05, 0.1) is 5.69 Å². The van der Waals surface area contributed by atoms with Crippen LogP contribution in [-0.2, 0) is 4.79 Å². The van der Waals surface area contributed by atoms with Crippen LogP contribution in [0, 0.1) is 5.82 Å². The van der Waals surface area contributed by atoms with Crippen LogP contribution >= 0.6 is 0 Å². The van der Waals surface area contributed by atoms with Gasteiger partial charge in [0, 0.05) is 17.2 Å². The summed E-state index contributed by atoms with van der Waals surface area (Å²) in [6, 6.07) is 12.6. The molecular formula is C18H15FN6O2. The van der Waals surface area contributed by atoms with Gasteiger partial charge in [-0.25, -0.2) is 9.07 Å². The van der Waals surface area contributed by atoms with Crippen LogP contribution in [0.25, 0.3) is 11.3 Å². The highest BCUT2D eigenvalue weighted by atomic mass is 19.1. The van der Waals surface area contributed by atoms with E-state index in [1.165, 1.54) is 23.2 Å². The van der Waals surface area contributed by atoms with Gasteiger partial charge < -0.3 is 0 Å². The number of rotatable bonds is 4. The maximum Gasteiger partial charge on any atom is 0.269 e. The van der Waals surface area contributed by atoms with E-state index in [1.54, 1.807) is 49.4 Å². The second-order valence-corrected chi connectivity index (χ2v) is 5.55. The van der Waals surface area contributed by atoms with Crippen LogP contribution in [0.15, 0.2) is 60.9 Å². The third-order valence-corrected chi connectivity index (χ3v) is 3.69. The first-order valence-corrected chi connectivity index (χ1v) is 7.91. The van der Waals surface area contributed by atoms with Crippen LogP contribution in [0.5, 0.6) is 0 Å². The van der Waals surface area contributed by atoms with Gasteiger partial charge in [-0.1, -0.05) is 18.2 Å². The number of amides is 2. The van der Waals surface area contributed by atoms with Crippen molar-refractivity contribution in [1.29, 1.82) is 0 Å². The van der Waals surface area contributed by atoms with Crippen molar-refractivity contribution < 1.29 is 14.0 Å². The van der Waals surface area contributed by atoms with Gasteiger partial charge in [0.2, 0.25) is 0 Å². The van der Waals surface area contributed by atoms with E-state index in [-0.39, 0.29) is 0 Å². The molecule has 1 aromatic heterocycles. The fraction of sp³-hybridized carbons (Fsp3) is 0.0556. The highest BCUT2D eigenvalue weighted by Gasteiger charge is 2.09. The first-order chi connectivity index (χ1) is 13.0. The fourth-order valence-corrected chi connectivity index (χ4v) is 2.33. The molecule has 9 heteroatoms. The van der Waals surface area contributed by atoms with E-state index in [0.717, 1.165) is 0 Å². The van der Waals surface area contributed by atoms with E-state index in [2.05, 4.69) is 26.4 Å². The summed E-state index contributed by atoms with van der Waals surface area (Å²) in [5.74, 6) is -1.50. The first-order valence-electron chi connectivity index (χ1n) is 7.91. The molecule has 136 valence electrons. The van der Waals surface area contributed by atoms with Gasteiger partial charge in [-0.2, -0.15) is 0 Å². The van der Waals surface area contributed by atoms with Gasteiger partial charge in [-0.05, 0) is 53.3 Å². The smallest absolute Gasteiger partial charge is 0.268 e. The Kier molecular flexibility index (Phi) is 5.31. The summed E-state index contributed by atoms with van der Waals surface area (Å²) in [4.78, 5) is 24.0. The Morgan fingerprint density at radius 1 is 1.07 bits per heavy atom. The molecule has 0 bridgehead atoms. The number of hydrazine groups is 1. The molecular weight excluding hydrogens is 351 g/mol. The summed E-state index contributed by atoms with van der Waals surface area (Å²) < 4.78 is 15.1. The van der Waals surface area contributed by atoms with E-state index in [0.29, 0.717) is 22.4 Å². The molecule has 0 spiro atoms. The highest BCUT2D eigenvalue weighted by Crippen LogP contribution is 2.16. The van der Waals surface area contributed by atoms with E-state index in [1.807, 2.05) is 0 Å². The number of nitrogens with one attached hydrogen (secondary N) is 2. The van der Waals surface area contributed by atoms with Crippen molar-refractivity contribution in [3.63, 3.8) is 0 Å². The Bertz CT molecular complexity index is 983. The summed E-state index contributed by atoms with van der Waals surface area (Å²) in [5.41, 5.74) is 6.34. The summed E-state index contributed by atoms with van der Waals surface area (Å²) in [6.07, 6.45) is 2.64. The van der Waals surface area contributed by atoms with Crippen LogP contribution in [0.4, 0.5) is 4.39 Å². The minimum atomic E-state index is -0.575. The number of hydrogen-bond acceptors (Lipinski definition) is 5. The first kappa shape index (κ1) is 17.9. The fourth-order valence-electron chi connectivity index (χ4n) is 2.33. The molecule has 8 nitrogen and oxygen atoms in total. The maximum atomic E-state index is 13.7. The standard InChI is InChI=1S/C18H15FN6O2/c1-12(15-4-2-3-5-16(15)19)10-17(26)21-22-18(27)13-6-8-14(9-7-13)25-11-20-23-24-25/h2-11H,1H3,(H,21,26)(H,22,27)/b12-10-. The van der Waals surface area contributed by atoms with Crippen LogP contribution in [-0.4, -0.2) is 32.0 Å². The Balaban J connectivity index is 1.59. The lowest BCUT2D eigenvalue weighted by molar-refractivity contribution is -0.117. The quantitative estimate of drug-likeness (QED) is 0.540. The van der Waals surface area contributed by atoms with Crippen molar-refractivity contribution >= 4 is 17.4 Å². The SMILES string of the molecule is C/C(=C/C(=O)NNC(=O)c1ccc(-n2cnnn2)cc1)c1ccccc1F. The molecule has 0 aliphatic carbocycles. The molecule has 3 aromatic rings. The molecule has 2 aromatic carbocycles. The lowest BCUT2D eigenvalue weighted by Gasteiger charge is -2.07. The second kappa shape index (κ2) is 8.00. The number of allylic oxidation sites excluding steroid dienone is 1.